The predicted octanol–water partition coefficient (Wildman–Crippen LogP) is 1.91. The molecule has 2 aliphatic carbocycles. The highest BCUT2D eigenvalue weighted by Crippen LogP contribution is 2.45. The molecule has 0 radical (unpaired) electrons. The molecule has 0 spiro atoms. The van der Waals surface area contributed by atoms with Crippen LogP contribution in [0.4, 0.5) is 0 Å². The monoisotopic (exact) mass is 217 g/mol. The lowest BCUT2D eigenvalue weighted by atomic mass is 9.99. The lowest BCUT2D eigenvalue weighted by Gasteiger charge is -2.14. The minimum atomic E-state index is 0.649. The first-order valence-corrected chi connectivity index (χ1v) is 6.31. The number of aromatic nitrogens is 2. The summed E-state index contributed by atoms with van der Waals surface area (Å²) in [6.07, 6.45) is 5.04. The Kier molecular flexibility index (Phi) is 2.43. The highest BCUT2D eigenvalue weighted by molar-refractivity contribution is 5.38. The summed E-state index contributed by atoms with van der Waals surface area (Å²) < 4.78 is 0. The summed E-state index contributed by atoms with van der Waals surface area (Å²) in [5.41, 5.74) is 4.19. The lowest BCUT2D eigenvalue weighted by Crippen LogP contribution is -2.17. The summed E-state index contributed by atoms with van der Waals surface area (Å²) in [6.45, 7) is 3.09. The number of nitrogens with one attached hydrogen (secondary N) is 1. The maximum Gasteiger partial charge on any atom is 0.125 e. The fraction of sp³-hybridized carbons (Fsp3) is 0.692. The zero-order valence-electron chi connectivity index (χ0n) is 10.1. The first kappa shape index (κ1) is 10.2. The van der Waals surface area contributed by atoms with E-state index in [-0.39, 0.29) is 0 Å². The fourth-order valence-corrected chi connectivity index (χ4v) is 2.87. The molecule has 1 aromatic rings. The van der Waals surface area contributed by atoms with Gasteiger partial charge in [0.2, 0.25) is 0 Å². The molecule has 2 aliphatic rings. The van der Waals surface area contributed by atoms with Gasteiger partial charge in [-0.3, -0.25) is 0 Å². The standard InChI is InChI=1S/C13H19N3/c1-8-15-11-6-5-10(7-14-2)12(11)13(16-8)9-3-4-9/h9-10,14H,3-7H2,1-2H3. The van der Waals surface area contributed by atoms with E-state index in [1.54, 1.807) is 0 Å². The molecule has 86 valence electrons. The van der Waals surface area contributed by atoms with Crippen LogP contribution < -0.4 is 5.32 Å². The molecule has 3 nitrogen and oxygen atoms in total. The highest BCUT2D eigenvalue weighted by Gasteiger charge is 2.34. The summed E-state index contributed by atoms with van der Waals surface area (Å²) in [7, 11) is 2.03. The molecule has 1 saturated carbocycles. The van der Waals surface area contributed by atoms with Gasteiger partial charge < -0.3 is 5.32 Å². The first-order valence-electron chi connectivity index (χ1n) is 6.31. The second-order valence-electron chi connectivity index (χ2n) is 5.08. The van der Waals surface area contributed by atoms with Gasteiger partial charge in [-0.2, -0.15) is 0 Å². The van der Waals surface area contributed by atoms with Gasteiger partial charge in [0, 0.05) is 24.1 Å². The molecule has 1 aromatic heterocycles. The SMILES string of the molecule is CNCC1CCc2nc(C)nc(C3CC3)c21. The lowest BCUT2D eigenvalue weighted by molar-refractivity contribution is 0.617. The first-order chi connectivity index (χ1) is 7.79. The second-order valence-corrected chi connectivity index (χ2v) is 5.08. The molecule has 0 aromatic carbocycles. The normalized spacial score (nSPS) is 23.5. The van der Waals surface area contributed by atoms with Crippen LogP contribution in [0.1, 0.15) is 53.9 Å². The molecule has 0 aliphatic heterocycles. The maximum absolute atomic E-state index is 4.70. The largest absolute Gasteiger partial charge is 0.319 e. The summed E-state index contributed by atoms with van der Waals surface area (Å²) in [5.74, 6) is 2.36. The predicted molar refractivity (Wildman–Crippen MR) is 63.7 cm³/mol. The van der Waals surface area contributed by atoms with Crippen LogP contribution in [0, 0.1) is 6.92 Å². The van der Waals surface area contributed by atoms with Gasteiger partial charge >= 0.3 is 0 Å². The maximum atomic E-state index is 4.70. The average molecular weight is 217 g/mol. The molecule has 16 heavy (non-hydrogen) atoms. The van der Waals surface area contributed by atoms with Crippen LogP contribution >= 0.6 is 0 Å². The summed E-state index contributed by atoms with van der Waals surface area (Å²) in [5, 5.41) is 3.30. The Morgan fingerprint density at radius 1 is 1.25 bits per heavy atom. The smallest absolute Gasteiger partial charge is 0.125 e. The minimum Gasteiger partial charge on any atom is -0.319 e. The molecule has 3 heteroatoms. The number of nitrogens with zero attached hydrogens (tertiary/aromatic N) is 2. The average Bonchev–Trinajstić information content (AvgIpc) is 3.02. The van der Waals surface area contributed by atoms with Gasteiger partial charge in [-0.15, -0.1) is 0 Å². The molecular weight excluding hydrogens is 198 g/mol. The van der Waals surface area contributed by atoms with Crippen LogP contribution in [0.2, 0.25) is 0 Å². The topological polar surface area (TPSA) is 37.8 Å². The van der Waals surface area contributed by atoms with E-state index >= 15 is 0 Å². The summed E-state index contributed by atoms with van der Waals surface area (Å²) in [4.78, 5) is 9.32. The summed E-state index contributed by atoms with van der Waals surface area (Å²) in [6, 6.07) is 0. The highest BCUT2D eigenvalue weighted by atomic mass is 14.9. The van der Waals surface area contributed by atoms with Gasteiger partial charge in [0.25, 0.3) is 0 Å². The van der Waals surface area contributed by atoms with E-state index in [4.69, 9.17) is 4.98 Å². The van der Waals surface area contributed by atoms with E-state index < -0.39 is 0 Å². The zero-order chi connectivity index (χ0) is 11.1. The van der Waals surface area contributed by atoms with Crippen LogP contribution in [-0.2, 0) is 6.42 Å². The quantitative estimate of drug-likeness (QED) is 0.840. The van der Waals surface area contributed by atoms with E-state index in [9.17, 15) is 0 Å². The van der Waals surface area contributed by atoms with Crippen LogP contribution in [0.25, 0.3) is 0 Å². The van der Waals surface area contributed by atoms with E-state index in [2.05, 4.69) is 10.3 Å². The van der Waals surface area contributed by atoms with E-state index in [1.807, 2.05) is 14.0 Å². The number of rotatable bonds is 3. The Hall–Kier alpha value is -0.960. The molecule has 3 rings (SSSR count). The van der Waals surface area contributed by atoms with Crippen molar-refractivity contribution in [2.24, 2.45) is 0 Å². The minimum absolute atomic E-state index is 0.649. The van der Waals surface area contributed by atoms with Gasteiger partial charge in [-0.05, 0) is 45.2 Å². The second kappa shape index (κ2) is 3.81. The fourth-order valence-electron chi connectivity index (χ4n) is 2.87. The molecule has 1 heterocycles. The van der Waals surface area contributed by atoms with Crippen molar-refractivity contribution in [1.82, 2.24) is 15.3 Å². The van der Waals surface area contributed by atoms with Crippen molar-refractivity contribution in [3.05, 3.63) is 22.8 Å². The van der Waals surface area contributed by atoms with Crippen LogP contribution in [-0.4, -0.2) is 23.6 Å². The molecule has 1 atom stereocenters. The van der Waals surface area contributed by atoms with Gasteiger partial charge in [-0.25, -0.2) is 9.97 Å². The van der Waals surface area contributed by atoms with Crippen molar-refractivity contribution in [2.45, 2.75) is 44.4 Å². The van der Waals surface area contributed by atoms with Crippen molar-refractivity contribution in [2.75, 3.05) is 13.6 Å². The van der Waals surface area contributed by atoms with Gasteiger partial charge in [-0.1, -0.05) is 0 Å². The van der Waals surface area contributed by atoms with Crippen molar-refractivity contribution >= 4 is 0 Å². The molecular formula is C13H19N3. The van der Waals surface area contributed by atoms with Crippen molar-refractivity contribution in [1.29, 1.82) is 0 Å². The number of hydrogen-bond donors (Lipinski definition) is 1. The third kappa shape index (κ3) is 1.63. The van der Waals surface area contributed by atoms with E-state index in [1.165, 1.54) is 36.2 Å². The van der Waals surface area contributed by atoms with Crippen molar-refractivity contribution < 1.29 is 0 Å². The Morgan fingerprint density at radius 2 is 2.06 bits per heavy atom. The van der Waals surface area contributed by atoms with E-state index in [0.29, 0.717) is 5.92 Å². The molecule has 1 fully saturated rings. The Balaban J connectivity index is 2.04. The number of likely N-dealkylation sites (N-methyl/N-ethyl adjacent to an activating group) is 1. The third-order valence-corrected chi connectivity index (χ3v) is 3.72. The van der Waals surface area contributed by atoms with Crippen LogP contribution in [0.5, 0.6) is 0 Å². The molecule has 1 N–H and O–H groups in total. The van der Waals surface area contributed by atoms with Crippen LogP contribution in [0.15, 0.2) is 0 Å². The number of hydrogen-bond acceptors (Lipinski definition) is 3. The Labute approximate surface area is 96.7 Å². The Morgan fingerprint density at radius 3 is 2.75 bits per heavy atom. The molecule has 0 amide bonds. The van der Waals surface area contributed by atoms with E-state index in [0.717, 1.165) is 24.7 Å². The van der Waals surface area contributed by atoms with Gasteiger partial charge in [0.15, 0.2) is 0 Å². The summed E-state index contributed by atoms with van der Waals surface area (Å²) >= 11 is 0. The van der Waals surface area contributed by atoms with Gasteiger partial charge in [0.05, 0.1) is 5.69 Å². The van der Waals surface area contributed by atoms with Crippen molar-refractivity contribution in [3.63, 3.8) is 0 Å². The van der Waals surface area contributed by atoms with Crippen LogP contribution in [0.3, 0.4) is 0 Å². The molecule has 1 unspecified atom stereocenters. The Bertz CT molecular complexity index is 410. The number of fused-ring (bicyclic) bond motifs is 1. The molecule has 0 saturated heterocycles. The third-order valence-electron chi connectivity index (χ3n) is 3.72. The van der Waals surface area contributed by atoms with Crippen molar-refractivity contribution in [3.8, 4) is 0 Å². The zero-order valence-corrected chi connectivity index (χ0v) is 10.1. The molecule has 0 bridgehead atoms. The van der Waals surface area contributed by atoms with Gasteiger partial charge in [0.1, 0.15) is 5.82 Å². The number of aryl methyl sites for hydroxylation is 2.